The number of halogens is 1. The van der Waals surface area contributed by atoms with Gasteiger partial charge in [0.15, 0.2) is 0 Å². The monoisotopic (exact) mass is 227 g/mol. The maximum absolute atomic E-state index is 9.82. The van der Waals surface area contributed by atoms with E-state index >= 15 is 0 Å². The van der Waals surface area contributed by atoms with Crippen molar-refractivity contribution in [2.24, 2.45) is 0 Å². The van der Waals surface area contributed by atoms with Gasteiger partial charge in [0.25, 0.3) is 0 Å². The normalized spacial score (nSPS) is 17.1. The summed E-state index contributed by atoms with van der Waals surface area (Å²) in [5.74, 6) is 0.826. The molecule has 0 aliphatic heterocycles. The second-order valence-electron chi connectivity index (χ2n) is 4.12. The maximum atomic E-state index is 9.82. The first-order valence-corrected chi connectivity index (χ1v) is 5.36. The topological polar surface area (TPSA) is 46.2 Å². The lowest BCUT2D eigenvalue weighted by molar-refractivity contribution is 0.415. The Labute approximate surface area is 96.9 Å². The van der Waals surface area contributed by atoms with E-state index in [1.165, 1.54) is 32.1 Å². The summed E-state index contributed by atoms with van der Waals surface area (Å²) in [5.41, 5.74) is 7.23. The molecule has 1 aromatic carbocycles. The van der Waals surface area contributed by atoms with Crippen LogP contribution in [0.15, 0.2) is 18.2 Å². The highest BCUT2D eigenvalue weighted by molar-refractivity contribution is 5.85. The molecule has 3 heteroatoms. The van der Waals surface area contributed by atoms with Gasteiger partial charge in [-0.15, -0.1) is 12.4 Å². The Morgan fingerprint density at radius 1 is 1.13 bits per heavy atom. The lowest BCUT2D eigenvalue weighted by atomic mass is 9.83. The number of anilines is 1. The van der Waals surface area contributed by atoms with Gasteiger partial charge in [0.1, 0.15) is 5.75 Å². The first kappa shape index (κ1) is 12.2. The van der Waals surface area contributed by atoms with E-state index in [9.17, 15) is 5.11 Å². The van der Waals surface area contributed by atoms with Crippen molar-refractivity contribution in [2.75, 3.05) is 5.73 Å². The average Bonchev–Trinajstić information content (AvgIpc) is 2.23. The number of phenolic OH excluding ortho intramolecular Hbond substituents is 1. The molecule has 1 aromatic rings. The van der Waals surface area contributed by atoms with Crippen LogP contribution in [0, 0.1) is 0 Å². The molecule has 0 unspecified atom stereocenters. The van der Waals surface area contributed by atoms with Crippen LogP contribution < -0.4 is 5.73 Å². The van der Waals surface area contributed by atoms with Gasteiger partial charge >= 0.3 is 0 Å². The molecule has 2 nitrogen and oxygen atoms in total. The molecule has 0 amide bonds. The molecule has 1 aliphatic carbocycles. The highest BCUT2D eigenvalue weighted by Crippen LogP contribution is 2.38. The first-order valence-electron chi connectivity index (χ1n) is 5.36. The van der Waals surface area contributed by atoms with Crippen molar-refractivity contribution in [3.63, 3.8) is 0 Å². The lowest BCUT2D eigenvalue weighted by Crippen LogP contribution is -2.05. The van der Waals surface area contributed by atoms with Gasteiger partial charge in [0, 0.05) is 0 Å². The number of nitrogens with two attached hydrogens (primary N) is 1. The Balaban J connectivity index is 0.00000112. The largest absolute Gasteiger partial charge is 0.505 e. The van der Waals surface area contributed by atoms with Crippen molar-refractivity contribution in [3.05, 3.63) is 23.8 Å². The minimum absolute atomic E-state index is 0. The van der Waals surface area contributed by atoms with Gasteiger partial charge < -0.3 is 10.8 Å². The summed E-state index contributed by atoms with van der Waals surface area (Å²) in [6.45, 7) is 0. The molecule has 0 spiro atoms. The van der Waals surface area contributed by atoms with Crippen molar-refractivity contribution in [1.29, 1.82) is 0 Å². The average molecular weight is 228 g/mol. The van der Waals surface area contributed by atoms with Crippen LogP contribution in [0.2, 0.25) is 0 Å². The van der Waals surface area contributed by atoms with Crippen molar-refractivity contribution >= 4 is 18.1 Å². The summed E-state index contributed by atoms with van der Waals surface area (Å²) < 4.78 is 0. The van der Waals surface area contributed by atoms with Gasteiger partial charge in [-0.25, -0.2) is 0 Å². The molecule has 1 aliphatic rings. The molecule has 0 aromatic heterocycles. The van der Waals surface area contributed by atoms with Gasteiger partial charge in [-0.05, 0) is 30.4 Å². The molecule has 0 atom stereocenters. The molecule has 15 heavy (non-hydrogen) atoms. The fourth-order valence-electron chi connectivity index (χ4n) is 2.32. The van der Waals surface area contributed by atoms with Crippen molar-refractivity contribution in [2.45, 2.75) is 38.0 Å². The maximum Gasteiger partial charge on any atom is 0.141 e. The number of phenols is 1. The van der Waals surface area contributed by atoms with Crippen LogP contribution in [0.1, 0.15) is 43.6 Å². The van der Waals surface area contributed by atoms with E-state index in [0.717, 1.165) is 5.56 Å². The quantitative estimate of drug-likeness (QED) is 0.570. The summed E-state index contributed by atoms with van der Waals surface area (Å²) in [6.07, 6.45) is 6.27. The third-order valence-corrected chi connectivity index (χ3v) is 3.14. The second kappa shape index (κ2) is 5.26. The number of rotatable bonds is 1. The molecule has 1 saturated carbocycles. The number of aromatic hydroxyl groups is 1. The molecule has 84 valence electrons. The fourth-order valence-corrected chi connectivity index (χ4v) is 2.32. The first-order chi connectivity index (χ1) is 6.79. The van der Waals surface area contributed by atoms with E-state index in [-0.39, 0.29) is 12.4 Å². The minimum Gasteiger partial charge on any atom is -0.505 e. The van der Waals surface area contributed by atoms with E-state index in [2.05, 4.69) is 0 Å². The van der Waals surface area contributed by atoms with Gasteiger partial charge in [-0.1, -0.05) is 31.4 Å². The highest BCUT2D eigenvalue weighted by atomic mass is 35.5. The van der Waals surface area contributed by atoms with Gasteiger partial charge in [-0.3, -0.25) is 0 Å². The van der Waals surface area contributed by atoms with Crippen LogP contribution in [-0.2, 0) is 0 Å². The Morgan fingerprint density at radius 2 is 1.80 bits per heavy atom. The molecule has 0 radical (unpaired) electrons. The lowest BCUT2D eigenvalue weighted by Gasteiger charge is -2.23. The third kappa shape index (κ3) is 2.57. The van der Waals surface area contributed by atoms with Crippen LogP contribution >= 0.6 is 12.4 Å². The van der Waals surface area contributed by atoms with E-state index in [0.29, 0.717) is 17.4 Å². The molecule has 0 heterocycles. The Bertz CT molecular complexity index is 321. The number of hydrogen-bond acceptors (Lipinski definition) is 2. The number of benzene rings is 1. The number of hydrogen-bond donors (Lipinski definition) is 2. The molecular formula is C12H18ClNO. The molecular weight excluding hydrogens is 210 g/mol. The van der Waals surface area contributed by atoms with Gasteiger partial charge in [-0.2, -0.15) is 0 Å². The van der Waals surface area contributed by atoms with E-state index < -0.39 is 0 Å². The molecule has 0 bridgehead atoms. The summed E-state index contributed by atoms with van der Waals surface area (Å²) in [6, 6.07) is 5.68. The zero-order valence-corrected chi connectivity index (χ0v) is 9.59. The Hall–Kier alpha value is -0.890. The van der Waals surface area contributed by atoms with Crippen LogP contribution in [0.3, 0.4) is 0 Å². The Kier molecular flexibility index (Phi) is 4.28. The summed E-state index contributed by atoms with van der Waals surface area (Å²) in [7, 11) is 0. The van der Waals surface area contributed by atoms with Crippen molar-refractivity contribution in [3.8, 4) is 5.75 Å². The highest BCUT2D eigenvalue weighted by Gasteiger charge is 2.18. The predicted octanol–water partition coefficient (Wildman–Crippen LogP) is 3.44. The number of nitrogen functional groups attached to an aromatic ring is 1. The smallest absolute Gasteiger partial charge is 0.141 e. The third-order valence-electron chi connectivity index (χ3n) is 3.14. The summed E-state index contributed by atoms with van der Waals surface area (Å²) in [4.78, 5) is 0. The second-order valence-corrected chi connectivity index (χ2v) is 4.12. The van der Waals surface area contributed by atoms with Crippen LogP contribution in [-0.4, -0.2) is 5.11 Å². The zero-order valence-electron chi connectivity index (χ0n) is 8.78. The summed E-state index contributed by atoms with van der Waals surface area (Å²) in [5, 5.41) is 9.82. The van der Waals surface area contributed by atoms with Gasteiger partial charge in [0.05, 0.1) is 5.69 Å². The molecule has 3 N–H and O–H groups in total. The predicted molar refractivity (Wildman–Crippen MR) is 65.6 cm³/mol. The van der Waals surface area contributed by atoms with E-state index in [1.54, 1.807) is 6.07 Å². The van der Waals surface area contributed by atoms with Crippen LogP contribution in [0.4, 0.5) is 5.69 Å². The van der Waals surface area contributed by atoms with E-state index in [1.807, 2.05) is 12.1 Å². The Morgan fingerprint density at radius 3 is 2.47 bits per heavy atom. The summed E-state index contributed by atoms with van der Waals surface area (Å²) >= 11 is 0. The van der Waals surface area contributed by atoms with Crippen LogP contribution in [0.25, 0.3) is 0 Å². The molecule has 1 fully saturated rings. The van der Waals surface area contributed by atoms with Gasteiger partial charge in [0.2, 0.25) is 0 Å². The number of para-hydroxylation sites is 1. The van der Waals surface area contributed by atoms with Crippen LogP contribution in [0.5, 0.6) is 5.75 Å². The fraction of sp³-hybridized carbons (Fsp3) is 0.500. The molecule has 2 rings (SSSR count). The SMILES string of the molecule is Cl.Nc1cccc(C2CCCCC2)c1O. The van der Waals surface area contributed by atoms with Crippen molar-refractivity contribution < 1.29 is 5.11 Å². The standard InChI is InChI=1S/C12H17NO.ClH/c13-11-8-4-7-10(12(11)14)9-5-2-1-3-6-9;/h4,7-9,14H,1-3,5-6,13H2;1H. The molecule has 0 saturated heterocycles. The van der Waals surface area contributed by atoms with E-state index in [4.69, 9.17) is 5.73 Å². The zero-order chi connectivity index (χ0) is 9.97. The minimum atomic E-state index is 0. The van der Waals surface area contributed by atoms with Crippen molar-refractivity contribution in [1.82, 2.24) is 0 Å².